The highest BCUT2D eigenvalue weighted by atomic mass is 35.5. The minimum Gasteiger partial charge on any atom is -0.312 e. The molecule has 0 radical (unpaired) electrons. The summed E-state index contributed by atoms with van der Waals surface area (Å²) in [6, 6.07) is 1.65. The average Bonchev–Trinajstić information content (AvgIpc) is 2.17. The molecule has 0 unspecified atom stereocenters. The topological polar surface area (TPSA) is 42.0 Å². The third-order valence-electron chi connectivity index (χ3n) is 2.36. The Labute approximate surface area is 87.5 Å². The molecule has 3 nitrogen and oxygen atoms in total. The fraction of sp³-hybridized carbons (Fsp3) is 0.400. The molecule has 0 atom stereocenters. The largest absolute Gasteiger partial charge is 0.312 e. The quantitative estimate of drug-likeness (QED) is 0.716. The van der Waals surface area contributed by atoms with Gasteiger partial charge in [0, 0.05) is 42.7 Å². The predicted octanol–water partition coefficient (Wildman–Crippen LogP) is 1.58. The minimum atomic E-state index is -0.0340. The number of carbonyl (C=O) groups excluding carboxylic acids is 1. The summed E-state index contributed by atoms with van der Waals surface area (Å²) in [6.45, 7) is 3.16. The number of nitrogens with zero attached hydrogens (tertiary/aromatic N) is 1. The number of rotatable bonds is 1. The molecule has 74 valence electrons. The van der Waals surface area contributed by atoms with Crippen molar-refractivity contribution in [2.75, 3.05) is 6.54 Å². The lowest BCUT2D eigenvalue weighted by molar-refractivity contribution is 0.101. The molecular formula is C10H11ClN2O. The summed E-state index contributed by atoms with van der Waals surface area (Å²) in [5.74, 6) is -0.0340. The van der Waals surface area contributed by atoms with Gasteiger partial charge in [-0.25, -0.2) is 4.98 Å². The number of halogens is 1. The van der Waals surface area contributed by atoms with Crippen LogP contribution in [-0.4, -0.2) is 17.3 Å². The Morgan fingerprint density at radius 2 is 2.43 bits per heavy atom. The zero-order chi connectivity index (χ0) is 10.1. The van der Waals surface area contributed by atoms with E-state index in [1.165, 1.54) is 6.92 Å². The number of fused-ring (bicyclic) bond motifs is 1. The maximum atomic E-state index is 11.1. The van der Waals surface area contributed by atoms with Crippen molar-refractivity contribution in [2.45, 2.75) is 19.9 Å². The summed E-state index contributed by atoms with van der Waals surface area (Å²) < 4.78 is 0. The third-order valence-corrected chi connectivity index (χ3v) is 2.69. The molecule has 0 fully saturated rings. The summed E-state index contributed by atoms with van der Waals surface area (Å²) >= 11 is 6.06. The van der Waals surface area contributed by atoms with Gasteiger partial charge in [0.1, 0.15) is 5.69 Å². The Kier molecular flexibility index (Phi) is 2.52. The van der Waals surface area contributed by atoms with Crippen LogP contribution in [0.5, 0.6) is 0 Å². The zero-order valence-electron chi connectivity index (χ0n) is 7.93. The molecule has 2 heterocycles. The highest BCUT2D eigenvalue weighted by Crippen LogP contribution is 2.22. The standard InChI is InChI=1S/C10H11ClN2O/c1-6(14)10-4-8(11)7-5-12-3-2-9(7)13-10/h4,12H,2-3,5H2,1H3. The first-order valence-corrected chi connectivity index (χ1v) is 4.96. The van der Waals surface area contributed by atoms with E-state index in [0.29, 0.717) is 10.7 Å². The molecule has 14 heavy (non-hydrogen) atoms. The monoisotopic (exact) mass is 210 g/mol. The molecule has 1 N–H and O–H groups in total. The van der Waals surface area contributed by atoms with Crippen molar-refractivity contribution in [3.63, 3.8) is 0 Å². The summed E-state index contributed by atoms with van der Waals surface area (Å²) in [5.41, 5.74) is 2.46. The summed E-state index contributed by atoms with van der Waals surface area (Å²) in [5, 5.41) is 3.87. The summed E-state index contributed by atoms with van der Waals surface area (Å²) in [6.07, 6.45) is 0.843. The van der Waals surface area contributed by atoms with Gasteiger partial charge >= 0.3 is 0 Å². The lowest BCUT2D eigenvalue weighted by Gasteiger charge is -2.17. The number of pyridine rings is 1. The van der Waals surface area contributed by atoms with E-state index in [-0.39, 0.29) is 5.78 Å². The molecule has 1 aromatic heterocycles. The van der Waals surface area contributed by atoms with Crippen LogP contribution in [0.15, 0.2) is 6.07 Å². The Hall–Kier alpha value is -0.930. The van der Waals surface area contributed by atoms with Crippen LogP contribution in [0, 0.1) is 0 Å². The van der Waals surface area contributed by atoms with E-state index in [0.717, 1.165) is 30.8 Å². The Balaban J connectivity index is 2.51. The van der Waals surface area contributed by atoms with Crippen molar-refractivity contribution in [1.29, 1.82) is 0 Å². The highest BCUT2D eigenvalue weighted by molar-refractivity contribution is 6.31. The highest BCUT2D eigenvalue weighted by Gasteiger charge is 2.16. The predicted molar refractivity (Wildman–Crippen MR) is 54.7 cm³/mol. The molecule has 0 bridgehead atoms. The van der Waals surface area contributed by atoms with E-state index in [1.54, 1.807) is 6.07 Å². The van der Waals surface area contributed by atoms with Gasteiger partial charge in [0.05, 0.1) is 0 Å². The molecule has 1 aromatic rings. The number of Topliss-reactive ketones (excluding diaryl/α,β-unsaturated/α-hetero) is 1. The van der Waals surface area contributed by atoms with Crippen LogP contribution in [0.1, 0.15) is 28.7 Å². The number of aromatic nitrogens is 1. The lowest BCUT2D eigenvalue weighted by Crippen LogP contribution is -2.25. The van der Waals surface area contributed by atoms with Gasteiger partial charge in [-0.1, -0.05) is 11.6 Å². The van der Waals surface area contributed by atoms with Crippen molar-refractivity contribution in [3.05, 3.63) is 28.0 Å². The Bertz CT molecular complexity index is 390. The van der Waals surface area contributed by atoms with E-state index >= 15 is 0 Å². The summed E-state index contributed by atoms with van der Waals surface area (Å²) in [4.78, 5) is 15.4. The first-order valence-electron chi connectivity index (χ1n) is 4.58. The fourth-order valence-corrected chi connectivity index (χ4v) is 1.86. The van der Waals surface area contributed by atoms with Crippen molar-refractivity contribution in [1.82, 2.24) is 10.3 Å². The maximum absolute atomic E-state index is 11.1. The molecule has 0 spiro atoms. The second-order valence-electron chi connectivity index (χ2n) is 3.40. The fourth-order valence-electron chi connectivity index (χ4n) is 1.58. The summed E-state index contributed by atoms with van der Waals surface area (Å²) in [7, 11) is 0. The smallest absolute Gasteiger partial charge is 0.178 e. The third kappa shape index (κ3) is 1.65. The lowest BCUT2D eigenvalue weighted by atomic mass is 10.1. The molecule has 4 heteroatoms. The van der Waals surface area contributed by atoms with Gasteiger partial charge < -0.3 is 5.32 Å². The number of carbonyl (C=O) groups is 1. The van der Waals surface area contributed by atoms with Gasteiger partial charge in [-0.15, -0.1) is 0 Å². The second-order valence-corrected chi connectivity index (χ2v) is 3.80. The zero-order valence-corrected chi connectivity index (χ0v) is 8.69. The number of hydrogen-bond donors (Lipinski definition) is 1. The molecule has 2 rings (SSSR count). The van der Waals surface area contributed by atoms with Crippen molar-refractivity contribution in [3.8, 4) is 0 Å². The van der Waals surface area contributed by atoms with Crippen LogP contribution in [0.3, 0.4) is 0 Å². The molecule has 0 aliphatic carbocycles. The van der Waals surface area contributed by atoms with Crippen LogP contribution < -0.4 is 5.32 Å². The normalized spacial score (nSPS) is 15.0. The average molecular weight is 211 g/mol. The van der Waals surface area contributed by atoms with Crippen molar-refractivity contribution >= 4 is 17.4 Å². The molecule has 1 aliphatic rings. The van der Waals surface area contributed by atoms with E-state index < -0.39 is 0 Å². The van der Waals surface area contributed by atoms with Crippen molar-refractivity contribution < 1.29 is 4.79 Å². The maximum Gasteiger partial charge on any atom is 0.178 e. The molecular weight excluding hydrogens is 200 g/mol. The van der Waals surface area contributed by atoms with Gasteiger partial charge in [-0.2, -0.15) is 0 Å². The molecule has 0 aromatic carbocycles. The van der Waals surface area contributed by atoms with Crippen LogP contribution in [0.4, 0.5) is 0 Å². The van der Waals surface area contributed by atoms with Crippen LogP contribution in [0.25, 0.3) is 0 Å². The first kappa shape index (κ1) is 9.62. The van der Waals surface area contributed by atoms with Crippen LogP contribution in [0.2, 0.25) is 5.02 Å². The molecule has 0 saturated heterocycles. The second kappa shape index (κ2) is 3.67. The van der Waals surface area contributed by atoms with Crippen LogP contribution >= 0.6 is 11.6 Å². The Morgan fingerprint density at radius 1 is 1.64 bits per heavy atom. The molecule has 0 saturated carbocycles. The van der Waals surface area contributed by atoms with Gasteiger partial charge in [0.25, 0.3) is 0 Å². The van der Waals surface area contributed by atoms with Gasteiger partial charge in [0.15, 0.2) is 5.78 Å². The number of hydrogen-bond acceptors (Lipinski definition) is 3. The Morgan fingerprint density at radius 3 is 3.14 bits per heavy atom. The molecule has 1 aliphatic heterocycles. The molecule has 0 amide bonds. The number of nitrogens with one attached hydrogen (secondary N) is 1. The van der Waals surface area contributed by atoms with E-state index in [2.05, 4.69) is 10.3 Å². The van der Waals surface area contributed by atoms with Crippen molar-refractivity contribution in [2.24, 2.45) is 0 Å². The van der Waals surface area contributed by atoms with Gasteiger partial charge in [0.2, 0.25) is 0 Å². The van der Waals surface area contributed by atoms with Gasteiger partial charge in [-0.05, 0) is 6.07 Å². The SMILES string of the molecule is CC(=O)c1cc(Cl)c2c(n1)CCNC2. The minimum absolute atomic E-state index is 0.0340. The number of ketones is 1. The first-order chi connectivity index (χ1) is 6.68. The van der Waals surface area contributed by atoms with Gasteiger partial charge in [-0.3, -0.25) is 4.79 Å². The van der Waals surface area contributed by atoms with E-state index in [9.17, 15) is 4.79 Å². The van der Waals surface area contributed by atoms with Crippen LogP contribution in [-0.2, 0) is 13.0 Å². The van der Waals surface area contributed by atoms with E-state index in [4.69, 9.17) is 11.6 Å². The van der Waals surface area contributed by atoms with E-state index in [1.807, 2.05) is 0 Å².